The Balaban J connectivity index is 0.000000218. The summed E-state index contributed by atoms with van der Waals surface area (Å²) < 4.78 is 5.08. The first kappa shape index (κ1) is 15.5. The highest BCUT2D eigenvalue weighted by Gasteiger charge is 1.99. The van der Waals surface area contributed by atoms with Gasteiger partial charge < -0.3 is 4.74 Å². The number of benzene rings is 2. The van der Waals surface area contributed by atoms with Crippen molar-refractivity contribution >= 4 is 0 Å². The zero-order valence-corrected chi connectivity index (χ0v) is 12.7. The Morgan fingerprint density at radius 2 is 1.37 bits per heavy atom. The van der Waals surface area contributed by atoms with E-state index in [4.69, 9.17) is 4.74 Å². The number of ether oxygens (including phenoxy) is 1. The van der Waals surface area contributed by atoms with Gasteiger partial charge in [-0.3, -0.25) is 0 Å². The van der Waals surface area contributed by atoms with Gasteiger partial charge in [-0.2, -0.15) is 0 Å². The van der Waals surface area contributed by atoms with E-state index >= 15 is 0 Å². The lowest BCUT2D eigenvalue weighted by Gasteiger charge is -2.07. The molecule has 2 aromatic carbocycles. The van der Waals surface area contributed by atoms with Gasteiger partial charge in [-0.25, -0.2) is 0 Å². The molecule has 19 heavy (non-hydrogen) atoms. The van der Waals surface area contributed by atoms with Crippen LogP contribution in [-0.2, 0) is 11.3 Å². The standard InChI is InChI=1S/C11H16O.C7H8/c1-8-5-11(7-12-4)6-9(2)10(8)3;1-7-5-3-2-4-6-7/h5-6H,7H2,1-4H3;2-6H,1H3. The van der Waals surface area contributed by atoms with Crippen molar-refractivity contribution in [3.8, 4) is 0 Å². The maximum atomic E-state index is 5.08. The molecule has 0 radical (unpaired) electrons. The van der Waals surface area contributed by atoms with Crippen LogP contribution in [0.3, 0.4) is 0 Å². The smallest absolute Gasteiger partial charge is 0.0713 e. The average molecular weight is 256 g/mol. The van der Waals surface area contributed by atoms with Crippen LogP contribution in [-0.4, -0.2) is 7.11 Å². The Kier molecular flexibility index (Phi) is 6.31. The molecule has 0 fully saturated rings. The van der Waals surface area contributed by atoms with Crippen LogP contribution >= 0.6 is 0 Å². The van der Waals surface area contributed by atoms with Crippen molar-refractivity contribution in [3.05, 3.63) is 70.3 Å². The minimum absolute atomic E-state index is 0.710. The molecule has 1 heteroatoms. The molecule has 0 bridgehead atoms. The Bertz CT molecular complexity index is 477. The summed E-state index contributed by atoms with van der Waals surface area (Å²) in [5, 5.41) is 0. The molecule has 0 aliphatic carbocycles. The van der Waals surface area contributed by atoms with Crippen molar-refractivity contribution in [2.75, 3.05) is 7.11 Å². The van der Waals surface area contributed by atoms with Gasteiger partial charge in [0.15, 0.2) is 0 Å². The van der Waals surface area contributed by atoms with Gasteiger partial charge in [0.2, 0.25) is 0 Å². The Morgan fingerprint density at radius 1 is 0.842 bits per heavy atom. The molecule has 0 heterocycles. The fraction of sp³-hybridized carbons (Fsp3) is 0.333. The first-order valence-electron chi connectivity index (χ1n) is 6.62. The Hall–Kier alpha value is -1.60. The molecule has 0 aliphatic heterocycles. The van der Waals surface area contributed by atoms with Crippen molar-refractivity contribution in [3.63, 3.8) is 0 Å². The zero-order valence-electron chi connectivity index (χ0n) is 12.7. The van der Waals surface area contributed by atoms with Gasteiger partial charge in [0.25, 0.3) is 0 Å². The zero-order chi connectivity index (χ0) is 14.3. The molecule has 1 nitrogen and oxygen atoms in total. The molecule has 0 saturated heterocycles. The number of aryl methyl sites for hydroxylation is 3. The normalized spacial score (nSPS) is 9.74. The molecule has 2 rings (SSSR count). The third-order valence-corrected chi connectivity index (χ3v) is 3.24. The summed E-state index contributed by atoms with van der Waals surface area (Å²) in [4.78, 5) is 0. The van der Waals surface area contributed by atoms with E-state index in [1.165, 1.54) is 27.8 Å². The summed E-state index contributed by atoms with van der Waals surface area (Å²) in [5.41, 5.74) is 6.67. The quantitative estimate of drug-likeness (QED) is 0.753. The van der Waals surface area contributed by atoms with Crippen LogP contribution in [0.2, 0.25) is 0 Å². The highest BCUT2D eigenvalue weighted by Crippen LogP contribution is 2.15. The van der Waals surface area contributed by atoms with Crippen LogP contribution in [0.15, 0.2) is 42.5 Å². The van der Waals surface area contributed by atoms with Crippen LogP contribution in [0, 0.1) is 27.7 Å². The topological polar surface area (TPSA) is 9.23 Å². The maximum absolute atomic E-state index is 5.08. The number of rotatable bonds is 2. The lowest BCUT2D eigenvalue weighted by molar-refractivity contribution is 0.185. The summed E-state index contributed by atoms with van der Waals surface area (Å²) >= 11 is 0. The summed E-state index contributed by atoms with van der Waals surface area (Å²) in [6.07, 6.45) is 0. The van der Waals surface area contributed by atoms with E-state index < -0.39 is 0 Å². The highest BCUT2D eigenvalue weighted by molar-refractivity contribution is 5.36. The largest absolute Gasteiger partial charge is 0.380 e. The predicted octanol–water partition coefficient (Wildman–Crippen LogP) is 4.75. The molecule has 0 unspecified atom stereocenters. The number of hydrogen-bond donors (Lipinski definition) is 0. The van der Waals surface area contributed by atoms with Crippen molar-refractivity contribution < 1.29 is 4.74 Å². The SMILES string of the molecule is COCc1cc(C)c(C)c(C)c1.Cc1ccccc1. The second-order valence-corrected chi connectivity index (χ2v) is 4.94. The van der Waals surface area contributed by atoms with Crippen LogP contribution < -0.4 is 0 Å². The van der Waals surface area contributed by atoms with Crippen LogP contribution in [0.5, 0.6) is 0 Å². The minimum Gasteiger partial charge on any atom is -0.380 e. The summed E-state index contributed by atoms with van der Waals surface area (Å²) in [6.45, 7) is 9.23. The number of methoxy groups -OCH3 is 1. The summed E-state index contributed by atoms with van der Waals surface area (Å²) in [7, 11) is 1.73. The van der Waals surface area contributed by atoms with E-state index in [0.717, 1.165) is 0 Å². The Morgan fingerprint density at radius 3 is 1.74 bits per heavy atom. The lowest BCUT2D eigenvalue weighted by atomic mass is 10.0. The fourth-order valence-corrected chi connectivity index (χ4v) is 1.91. The predicted molar refractivity (Wildman–Crippen MR) is 82.5 cm³/mol. The van der Waals surface area contributed by atoms with E-state index in [0.29, 0.717) is 6.61 Å². The summed E-state index contributed by atoms with van der Waals surface area (Å²) in [6, 6.07) is 14.6. The first-order chi connectivity index (χ1) is 9.04. The minimum atomic E-state index is 0.710. The van der Waals surface area contributed by atoms with E-state index in [9.17, 15) is 0 Å². The average Bonchev–Trinajstić information content (AvgIpc) is 2.38. The van der Waals surface area contributed by atoms with E-state index in [2.05, 4.69) is 52.0 Å². The molecule has 0 N–H and O–H groups in total. The van der Waals surface area contributed by atoms with Gasteiger partial charge in [0.1, 0.15) is 0 Å². The highest BCUT2D eigenvalue weighted by atomic mass is 16.5. The van der Waals surface area contributed by atoms with E-state index in [1.807, 2.05) is 18.2 Å². The van der Waals surface area contributed by atoms with Crippen molar-refractivity contribution in [2.24, 2.45) is 0 Å². The van der Waals surface area contributed by atoms with Gasteiger partial charge >= 0.3 is 0 Å². The monoisotopic (exact) mass is 256 g/mol. The van der Waals surface area contributed by atoms with Crippen molar-refractivity contribution in [1.82, 2.24) is 0 Å². The Labute approximate surface area is 117 Å². The van der Waals surface area contributed by atoms with Gasteiger partial charge in [-0.15, -0.1) is 0 Å². The molecular weight excluding hydrogens is 232 g/mol. The maximum Gasteiger partial charge on any atom is 0.0713 e. The van der Waals surface area contributed by atoms with Gasteiger partial charge in [0.05, 0.1) is 6.61 Å². The molecule has 102 valence electrons. The fourth-order valence-electron chi connectivity index (χ4n) is 1.91. The first-order valence-corrected chi connectivity index (χ1v) is 6.62. The molecule has 0 spiro atoms. The molecule has 0 aromatic heterocycles. The third kappa shape index (κ3) is 5.27. The molecular formula is C18H24O. The van der Waals surface area contributed by atoms with Crippen LogP contribution in [0.4, 0.5) is 0 Å². The third-order valence-electron chi connectivity index (χ3n) is 3.24. The van der Waals surface area contributed by atoms with Crippen LogP contribution in [0.1, 0.15) is 27.8 Å². The van der Waals surface area contributed by atoms with Gasteiger partial charge in [-0.1, -0.05) is 48.0 Å². The van der Waals surface area contributed by atoms with E-state index in [-0.39, 0.29) is 0 Å². The second kappa shape index (κ2) is 7.75. The van der Waals surface area contributed by atoms with Gasteiger partial charge in [0, 0.05) is 7.11 Å². The number of hydrogen-bond acceptors (Lipinski definition) is 1. The molecule has 2 aromatic rings. The molecule has 0 aliphatic rings. The lowest BCUT2D eigenvalue weighted by Crippen LogP contribution is -1.93. The van der Waals surface area contributed by atoms with Crippen molar-refractivity contribution in [1.29, 1.82) is 0 Å². The second-order valence-electron chi connectivity index (χ2n) is 4.94. The van der Waals surface area contributed by atoms with Gasteiger partial charge in [-0.05, 0) is 49.9 Å². The molecule has 0 amide bonds. The van der Waals surface area contributed by atoms with Crippen LogP contribution in [0.25, 0.3) is 0 Å². The summed E-state index contributed by atoms with van der Waals surface area (Å²) in [5.74, 6) is 0. The molecule has 0 saturated carbocycles. The molecule has 0 atom stereocenters. The van der Waals surface area contributed by atoms with Crippen molar-refractivity contribution in [2.45, 2.75) is 34.3 Å². The van der Waals surface area contributed by atoms with E-state index in [1.54, 1.807) is 7.11 Å².